The third kappa shape index (κ3) is 2.74. The molecule has 2 nitrogen and oxygen atoms in total. The van der Waals surface area contributed by atoms with Crippen molar-refractivity contribution >= 4 is 11.6 Å². The van der Waals surface area contributed by atoms with Crippen LogP contribution in [-0.4, -0.2) is 5.91 Å². The Morgan fingerprint density at radius 2 is 1.75 bits per heavy atom. The normalized spacial score (nSPS) is 11.4. The molecule has 1 aromatic carbocycles. The topological polar surface area (TPSA) is 29.1 Å². The number of hydrogen-bond acceptors (Lipinski definition) is 1. The van der Waals surface area contributed by atoms with Crippen LogP contribution in [0, 0.1) is 22.9 Å². The molecule has 1 N–H and O–H groups in total. The van der Waals surface area contributed by atoms with Gasteiger partial charge in [-0.2, -0.15) is 0 Å². The van der Waals surface area contributed by atoms with Crippen molar-refractivity contribution in [3.63, 3.8) is 0 Å². The van der Waals surface area contributed by atoms with Gasteiger partial charge in [0.1, 0.15) is 5.82 Å². The van der Waals surface area contributed by atoms with Crippen molar-refractivity contribution in [2.24, 2.45) is 5.41 Å². The van der Waals surface area contributed by atoms with Crippen molar-refractivity contribution in [3.05, 3.63) is 29.6 Å². The molecule has 0 saturated heterocycles. The summed E-state index contributed by atoms with van der Waals surface area (Å²) in [5.74, 6) is -4.05. The molecular weight excluding hydrogens is 219 g/mol. The molecule has 0 aliphatic heterocycles. The molecule has 0 fully saturated rings. The molecule has 1 rings (SSSR count). The number of hydrogen-bond donors (Lipinski definition) is 1. The lowest BCUT2D eigenvalue weighted by molar-refractivity contribution is -0.123. The summed E-state index contributed by atoms with van der Waals surface area (Å²) in [6.45, 7) is 4.82. The summed E-state index contributed by atoms with van der Waals surface area (Å²) in [5, 5.41) is 2.14. The highest BCUT2D eigenvalue weighted by Gasteiger charge is 2.23. The maximum atomic E-state index is 13.2. The van der Waals surface area contributed by atoms with Crippen LogP contribution in [0.5, 0.6) is 0 Å². The molecule has 1 amide bonds. The minimum absolute atomic E-state index is 0.419. The zero-order valence-corrected chi connectivity index (χ0v) is 9.20. The third-order valence-corrected chi connectivity index (χ3v) is 1.92. The van der Waals surface area contributed by atoms with Crippen LogP contribution in [0.15, 0.2) is 12.1 Å². The number of anilines is 1. The summed E-state index contributed by atoms with van der Waals surface area (Å²) in [6, 6.07) is 1.16. The fourth-order valence-corrected chi connectivity index (χ4v) is 0.957. The number of carbonyl (C=O) groups is 1. The monoisotopic (exact) mass is 231 g/mol. The van der Waals surface area contributed by atoms with E-state index in [1.165, 1.54) is 0 Å². The highest BCUT2D eigenvalue weighted by atomic mass is 19.2. The lowest BCUT2D eigenvalue weighted by Crippen LogP contribution is -2.28. The first-order valence-electron chi connectivity index (χ1n) is 4.68. The van der Waals surface area contributed by atoms with Crippen LogP contribution in [0.25, 0.3) is 0 Å². The lowest BCUT2D eigenvalue weighted by Gasteiger charge is -2.18. The Balaban J connectivity index is 3.03. The molecule has 0 spiro atoms. The smallest absolute Gasteiger partial charge is 0.229 e. The first-order valence-corrected chi connectivity index (χ1v) is 4.68. The van der Waals surface area contributed by atoms with E-state index in [0.29, 0.717) is 6.07 Å². The second-order valence-electron chi connectivity index (χ2n) is 4.45. The molecule has 0 heterocycles. The van der Waals surface area contributed by atoms with Gasteiger partial charge in [-0.05, 0) is 0 Å². The van der Waals surface area contributed by atoms with E-state index < -0.39 is 34.5 Å². The molecular formula is C11H12F3NO. The average molecular weight is 231 g/mol. The largest absolute Gasteiger partial charge is 0.323 e. The van der Waals surface area contributed by atoms with Crippen molar-refractivity contribution in [1.29, 1.82) is 0 Å². The summed E-state index contributed by atoms with van der Waals surface area (Å²) in [5.41, 5.74) is -1.26. The zero-order valence-electron chi connectivity index (χ0n) is 9.20. The number of amides is 1. The molecule has 0 radical (unpaired) electrons. The van der Waals surface area contributed by atoms with Crippen molar-refractivity contribution in [3.8, 4) is 0 Å². The van der Waals surface area contributed by atoms with Crippen molar-refractivity contribution in [2.45, 2.75) is 20.8 Å². The first kappa shape index (κ1) is 12.5. The Morgan fingerprint density at radius 1 is 1.19 bits per heavy atom. The first-order chi connectivity index (χ1) is 7.21. The minimum atomic E-state index is -1.33. The number of nitrogens with one attached hydrogen (secondary N) is 1. The van der Waals surface area contributed by atoms with E-state index in [2.05, 4.69) is 5.32 Å². The van der Waals surface area contributed by atoms with Gasteiger partial charge in [-0.15, -0.1) is 0 Å². The fourth-order valence-electron chi connectivity index (χ4n) is 0.957. The van der Waals surface area contributed by atoms with Gasteiger partial charge in [0.05, 0.1) is 5.69 Å². The van der Waals surface area contributed by atoms with Gasteiger partial charge in [0, 0.05) is 17.5 Å². The van der Waals surface area contributed by atoms with Crippen LogP contribution in [-0.2, 0) is 4.79 Å². The Hall–Kier alpha value is -1.52. The molecule has 0 saturated carbocycles. The van der Waals surface area contributed by atoms with E-state index >= 15 is 0 Å². The van der Waals surface area contributed by atoms with Crippen LogP contribution in [0.3, 0.4) is 0 Å². The molecule has 1 aromatic rings. The van der Waals surface area contributed by atoms with E-state index in [-0.39, 0.29) is 0 Å². The number of rotatable bonds is 1. The van der Waals surface area contributed by atoms with Gasteiger partial charge in [0.25, 0.3) is 0 Å². The van der Waals surface area contributed by atoms with E-state index in [1.807, 2.05) is 0 Å². The Labute approximate surface area is 91.5 Å². The predicted molar refractivity (Wildman–Crippen MR) is 54.4 cm³/mol. The number of halogens is 3. The van der Waals surface area contributed by atoms with E-state index in [9.17, 15) is 18.0 Å². The fraction of sp³-hybridized carbons (Fsp3) is 0.364. The summed E-state index contributed by atoms with van der Waals surface area (Å²) < 4.78 is 38.8. The van der Waals surface area contributed by atoms with Crippen molar-refractivity contribution in [2.75, 3.05) is 5.32 Å². The summed E-state index contributed by atoms with van der Waals surface area (Å²) in [7, 11) is 0. The summed E-state index contributed by atoms with van der Waals surface area (Å²) in [6.07, 6.45) is 0. The summed E-state index contributed by atoms with van der Waals surface area (Å²) >= 11 is 0. The standard InChI is InChI=1S/C11H12F3NO/c1-11(2,3)10(16)15-8-5-6(12)4-7(13)9(8)14/h4-5H,1-3H3,(H,15,16). The van der Waals surface area contributed by atoms with Crippen LogP contribution >= 0.6 is 0 Å². The van der Waals surface area contributed by atoms with Gasteiger partial charge < -0.3 is 5.32 Å². The van der Waals surface area contributed by atoms with Crippen molar-refractivity contribution in [1.82, 2.24) is 0 Å². The SMILES string of the molecule is CC(C)(C)C(=O)Nc1cc(F)cc(F)c1F. The Bertz CT molecular complexity index is 424. The molecule has 0 aliphatic carbocycles. The maximum absolute atomic E-state index is 13.2. The highest BCUT2D eigenvalue weighted by Crippen LogP contribution is 2.22. The van der Waals surface area contributed by atoms with Crippen molar-refractivity contribution < 1.29 is 18.0 Å². The molecule has 0 atom stereocenters. The van der Waals surface area contributed by atoms with Gasteiger partial charge in [-0.1, -0.05) is 20.8 Å². The zero-order chi connectivity index (χ0) is 12.5. The second-order valence-corrected chi connectivity index (χ2v) is 4.45. The van der Waals surface area contributed by atoms with Crippen LogP contribution in [0.1, 0.15) is 20.8 Å². The molecule has 88 valence electrons. The van der Waals surface area contributed by atoms with Gasteiger partial charge in [-0.25, -0.2) is 13.2 Å². The second kappa shape index (κ2) is 4.15. The summed E-state index contributed by atoms with van der Waals surface area (Å²) in [4.78, 5) is 11.5. The third-order valence-electron chi connectivity index (χ3n) is 1.92. The molecule has 0 bridgehead atoms. The molecule has 0 unspecified atom stereocenters. The van der Waals surface area contributed by atoms with E-state index in [0.717, 1.165) is 6.07 Å². The van der Waals surface area contributed by atoms with Crippen LogP contribution in [0.4, 0.5) is 18.9 Å². The average Bonchev–Trinajstić information content (AvgIpc) is 2.11. The number of carbonyl (C=O) groups excluding carboxylic acids is 1. The van der Waals surface area contributed by atoms with Gasteiger partial charge in [0.2, 0.25) is 5.91 Å². The predicted octanol–water partition coefficient (Wildman–Crippen LogP) is 3.09. The van der Waals surface area contributed by atoms with Crippen LogP contribution in [0.2, 0.25) is 0 Å². The van der Waals surface area contributed by atoms with Gasteiger partial charge >= 0.3 is 0 Å². The van der Waals surface area contributed by atoms with Gasteiger partial charge in [-0.3, -0.25) is 4.79 Å². The van der Waals surface area contributed by atoms with Crippen LogP contribution < -0.4 is 5.32 Å². The number of benzene rings is 1. The minimum Gasteiger partial charge on any atom is -0.323 e. The van der Waals surface area contributed by atoms with E-state index in [4.69, 9.17) is 0 Å². The lowest BCUT2D eigenvalue weighted by atomic mass is 9.95. The molecule has 16 heavy (non-hydrogen) atoms. The molecule has 0 aromatic heterocycles. The van der Waals surface area contributed by atoms with Gasteiger partial charge in [0.15, 0.2) is 11.6 Å². The Morgan fingerprint density at radius 3 is 2.25 bits per heavy atom. The quantitative estimate of drug-likeness (QED) is 0.739. The molecule has 0 aliphatic rings. The highest BCUT2D eigenvalue weighted by molar-refractivity contribution is 5.94. The van der Waals surface area contributed by atoms with E-state index in [1.54, 1.807) is 20.8 Å². The Kier molecular flexibility index (Phi) is 3.26. The maximum Gasteiger partial charge on any atom is 0.229 e. The molecule has 5 heteroatoms.